The third-order valence-corrected chi connectivity index (χ3v) is 5.62. The van der Waals surface area contributed by atoms with Gasteiger partial charge >= 0.3 is 0 Å². The van der Waals surface area contributed by atoms with Crippen LogP contribution in [0.1, 0.15) is 5.56 Å². The Morgan fingerprint density at radius 3 is 1.77 bits per heavy atom. The van der Waals surface area contributed by atoms with Crippen LogP contribution in [0.25, 0.3) is 0 Å². The Morgan fingerprint density at radius 2 is 1.23 bits per heavy atom. The number of hydrogen-bond donors (Lipinski definition) is 0. The largest absolute Gasteiger partial charge is 0.364 e. The van der Waals surface area contributed by atoms with Crippen molar-refractivity contribution in [3.05, 3.63) is 56.3 Å². The minimum absolute atomic E-state index is 0.295. The van der Waals surface area contributed by atoms with E-state index in [2.05, 4.69) is 50.9 Å². The molecule has 0 saturated carbocycles. The molecule has 2 aromatic rings. The Bertz CT molecular complexity index is 812. The highest BCUT2D eigenvalue weighted by atomic mass is 16.2. The van der Waals surface area contributed by atoms with Crippen molar-refractivity contribution < 1.29 is 0 Å². The van der Waals surface area contributed by atoms with Crippen LogP contribution in [0.15, 0.2) is 39.9 Å². The first-order valence-corrected chi connectivity index (χ1v) is 9.41. The molecule has 138 valence electrons. The van der Waals surface area contributed by atoms with E-state index >= 15 is 0 Å². The van der Waals surface area contributed by atoms with Crippen molar-refractivity contribution in [3.8, 4) is 0 Å². The second-order valence-electron chi connectivity index (χ2n) is 7.39. The molecule has 2 heterocycles. The lowest BCUT2D eigenvalue weighted by Gasteiger charge is -2.40. The molecule has 0 unspecified atom stereocenters. The number of hydrogen-bond acceptors (Lipinski definition) is 6. The van der Waals surface area contributed by atoms with Gasteiger partial charge in [-0.15, -0.1) is 0 Å². The minimum atomic E-state index is -0.296. The molecule has 0 aromatic heterocycles. The smallest absolute Gasteiger partial charge is 0.253 e. The van der Waals surface area contributed by atoms with Crippen LogP contribution < -0.4 is 20.7 Å². The van der Waals surface area contributed by atoms with Gasteiger partial charge in [0.25, 0.3) is 10.9 Å². The molecule has 2 aliphatic heterocycles. The van der Waals surface area contributed by atoms with Gasteiger partial charge in [0.2, 0.25) is 0 Å². The molecule has 0 spiro atoms. The van der Waals surface area contributed by atoms with Gasteiger partial charge in [-0.2, -0.15) is 0 Å². The summed E-state index contributed by atoms with van der Waals surface area (Å²) in [5.74, 6) is 0. The summed E-state index contributed by atoms with van der Waals surface area (Å²) in [4.78, 5) is 33.3. The number of piperazine rings is 2. The lowest BCUT2D eigenvalue weighted by atomic mass is 10.1. The second kappa shape index (κ2) is 7.21. The van der Waals surface area contributed by atoms with Crippen LogP contribution in [0, 0.1) is 0 Å². The van der Waals surface area contributed by atoms with Gasteiger partial charge in [-0.05, 0) is 12.6 Å². The van der Waals surface area contributed by atoms with Crippen LogP contribution in [0.5, 0.6) is 0 Å². The lowest BCUT2D eigenvalue weighted by molar-refractivity contribution is 0.249. The Labute approximate surface area is 153 Å². The average Bonchev–Trinajstić information content (AvgIpc) is 2.68. The first-order chi connectivity index (χ1) is 12.6. The normalized spacial score (nSPS) is 20.0. The maximum atomic E-state index is 12.3. The summed E-state index contributed by atoms with van der Waals surface area (Å²) in [5.41, 5.74) is 2.05. The Morgan fingerprint density at radius 1 is 0.731 bits per heavy atom. The molecule has 0 aliphatic carbocycles. The molecule has 2 aliphatic rings. The van der Waals surface area contributed by atoms with E-state index in [-0.39, 0.29) is 10.9 Å². The van der Waals surface area contributed by atoms with Gasteiger partial charge in [-0.25, -0.2) is 0 Å². The number of rotatable bonds is 4. The molecule has 2 saturated heterocycles. The quantitative estimate of drug-likeness (QED) is 0.739. The van der Waals surface area contributed by atoms with Crippen LogP contribution in [0.2, 0.25) is 0 Å². The topological polar surface area (TPSA) is 47.1 Å². The van der Waals surface area contributed by atoms with Crippen molar-refractivity contribution in [2.75, 3.05) is 69.2 Å². The maximum absolute atomic E-state index is 12.3. The molecular weight excluding hydrogens is 328 g/mol. The SMILES string of the molecule is CN1CCN(c2c(N3CCN(Cc4ccccc4)CC3)c(=O)c2=O)CC1. The fraction of sp³-hybridized carbons (Fsp3) is 0.500. The van der Waals surface area contributed by atoms with Crippen LogP contribution in [-0.4, -0.2) is 69.2 Å². The van der Waals surface area contributed by atoms with E-state index in [0.717, 1.165) is 58.9 Å². The fourth-order valence-electron chi connectivity index (χ4n) is 3.96. The zero-order valence-electron chi connectivity index (χ0n) is 15.4. The van der Waals surface area contributed by atoms with Crippen LogP contribution in [-0.2, 0) is 6.54 Å². The number of nitrogens with zero attached hydrogens (tertiary/aromatic N) is 4. The first kappa shape index (κ1) is 17.2. The number of benzene rings is 1. The highest BCUT2D eigenvalue weighted by molar-refractivity contribution is 5.76. The highest BCUT2D eigenvalue weighted by Gasteiger charge is 2.32. The summed E-state index contributed by atoms with van der Waals surface area (Å²) in [5, 5.41) is 0. The minimum Gasteiger partial charge on any atom is -0.364 e. The van der Waals surface area contributed by atoms with E-state index < -0.39 is 0 Å². The molecule has 6 nitrogen and oxygen atoms in total. The van der Waals surface area contributed by atoms with Gasteiger partial charge in [0.1, 0.15) is 11.4 Å². The first-order valence-electron chi connectivity index (χ1n) is 9.41. The molecule has 0 bridgehead atoms. The summed E-state index contributed by atoms with van der Waals surface area (Å²) >= 11 is 0. The molecule has 0 N–H and O–H groups in total. The molecule has 2 aromatic carbocycles. The van der Waals surface area contributed by atoms with Gasteiger partial charge in [0.05, 0.1) is 0 Å². The summed E-state index contributed by atoms with van der Waals surface area (Å²) in [7, 11) is 2.09. The van der Waals surface area contributed by atoms with Crippen LogP contribution in [0.3, 0.4) is 0 Å². The summed E-state index contributed by atoms with van der Waals surface area (Å²) < 4.78 is 0. The van der Waals surface area contributed by atoms with E-state index in [9.17, 15) is 9.59 Å². The lowest BCUT2D eigenvalue weighted by Crippen LogP contribution is -2.55. The van der Waals surface area contributed by atoms with Crippen molar-refractivity contribution in [1.82, 2.24) is 9.80 Å². The zero-order chi connectivity index (χ0) is 18.1. The molecule has 6 heteroatoms. The van der Waals surface area contributed by atoms with Gasteiger partial charge < -0.3 is 14.7 Å². The summed E-state index contributed by atoms with van der Waals surface area (Å²) in [6, 6.07) is 10.5. The van der Waals surface area contributed by atoms with Crippen molar-refractivity contribution >= 4 is 11.4 Å². The van der Waals surface area contributed by atoms with Crippen molar-refractivity contribution in [2.45, 2.75) is 6.54 Å². The predicted octanol–water partition coefficient (Wildman–Crippen LogP) is 0.357. The van der Waals surface area contributed by atoms with Crippen LogP contribution >= 0.6 is 0 Å². The maximum Gasteiger partial charge on any atom is 0.253 e. The summed E-state index contributed by atoms with van der Waals surface area (Å²) in [6.45, 7) is 7.88. The fourth-order valence-corrected chi connectivity index (χ4v) is 3.96. The standard InChI is InChI=1S/C20H26N4O2/c1-21-7-11-23(12-8-21)17-18(20(26)19(17)25)24-13-9-22(10-14-24)15-16-5-3-2-4-6-16/h2-6H,7-15H2,1H3. The van der Waals surface area contributed by atoms with Gasteiger partial charge in [0, 0.05) is 58.9 Å². The van der Waals surface area contributed by atoms with E-state index in [1.807, 2.05) is 6.07 Å². The van der Waals surface area contributed by atoms with Crippen molar-refractivity contribution in [1.29, 1.82) is 0 Å². The van der Waals surface area contributed by atoms with Crippen molar-refractivity contribution in [2.24, 2.45) is 0 Å². The van der Waals surface area contributed by atoms with E-state index in [0.29, 0.717) is 11.4 Å². The van der Waals surface area contributed by atoms with Gasteiger partial charge in [0.15, 0.2) is 0 Å². The highest BCUT2D eigenvalue weighted by Crippen LogP contribution is 2.26. The molecular formula is C20H26N4O2. The summed E-state index contributed by atoms with van der Waals surface area (Å²) in [6.07, 6.45) is 0. The Balaban J connectivity index is 1.41. The van der Waals surface area contributed by atoms with E-state index in [1.165, 1.54) is 5.56 Å². The monoisotopic (exact) mass is 354 g/mol. The third kappa shape index (κ3) is 3.27. The van der Waals surface area contributed by atoms with E-state index in [1.54, 1.807) is 0 Å². The zero-order valence-corrected chi connectivity index (χ0v) is 15.4. The molecule has 0 atom stereocenters. The molecule has 26 heavy (non-hydrogen) atoms. The van der Waals surface area contributed by atoms with Gasteiger partial charge in [-0.1, -0.05) is 30.3 Å². The molecule has 0 amide bonds. The van der Waals surface area contributed by atoms with Crippen molar-refractivity contribution in [3.63, 3.8) is 0 Å². The average molecular weight is 354 g/mol. The predicted molar refractivity (Wildman–Crippen MR) is 105 cm³/mol. The molecule has 2 fully saturated rings. The van der Waals surface area contributed by atoms with E-state index in [4.69, 9.17) is 0 Å². The van der Waals surface area contributed by atoms with Crippen LogP contribution in [0.4, 0.5) is 11.4 Å². The Hall–Kier alpha value is -2.18. The number of anilines is 2. The van der Waals surface area contributed by atoms with Gasteiger partial charge in [-0.3, -0.25) is 14.5 Å². The number of likely N-dealkylation sites (N-methyl/N-ethyl adjacent to an activating group) is 1. The molecule has 4 rings (SSSR count). The second-order valence-corrected chi connectivity index (χ2v) is 7.39. The molecule has 0 radical (unpaired) electrons. The Kier molecular flexibility index (Phi) is 4.78. The third-order valence-electron chi connectivity index (χ3n) is 5.62.